The van der Waals surface area contributed by atoms with E-state index in [1.54, 1.807) is 6.20 Å². The molecular formula is C63H76N8O6S. The first kappa shape index (κ1) is 52.6. The van der Waals surface area contributed by atoms with E-state index < -0.39 is 17.7 Å². The summed E-state index contributed by atoms with van der Waals surface area (Å²) in [4.78, 5) is 48.8. The number of aromatic nitrogens is 5. The van der Waals surface area contributed by atoms with E-state index >= 15 is 0 Å². The normalized spacial score (nSPS) is 14.5. The van der Waals surface area contributed by atoms with Crippen LogP contribution in [0.15, 0.2) is 170 Å². The molecule has 9 aromatic rings. The molecule has 6 aromatic carbocycles. The van der Waals surface area contributed by atoms with Crippen LogP contribution in [0.1, 0.15) is 146 Å². The number of nitrogens with zero attached hydrogens (tertiary/aromatic N) is 4. The molecule has 0 atom stereocenters. The number of primary amides is 3. The van der Waals surface area contributed by atoms with Gasteiger partial charge in [0, 0.05) is 44.7 Å². The van der Waals surface area contributed by atoms with E-state index in [0.29, 0.717) is 51.1 Å². The molecule has 14 nitrogen and oxygen atoms in total. The Morgan fingerprint density at radius 2 is 0.885 bits per heavy atom. The van der Waals surface area contributed by atoms with Crippen molar-refractivity contribution in [3.05, 3.63) is 197 Å². The Bertz CT molecular complexity index is 3090. The number of amides is 3. The van der Waals surface area contributed by atoms with Crippen LogP contribution in [-0.2, 0) is 0 Å². The lowest BCUT2D eigenvalue weighted by molar-refractivity contribution is 0.0989. The van der Waals surface area contributed by atoms with Crippen LogP contribution in [-0.4, -0.2) is 42.5 Å². The average Bonchev–Trinajstić information content (AvgIpc) is 3.56. The lowest BCUT2D eigenvalue weighted by atomic mass is 10.1. The third-order valence-corrected chi connectivity index (χ3v) is 15.5. The fraction of sp³-hybridized carbons (Fsp3) is 0.238. The second-order valence-corrected chi connectivity index (χ2v) is 20.8. The van der Waals surface area contributed by atoms with Crippen LogP contribution in [0.5, 0.6) is 34.5 Å². The Hall–Kier alpha value is -8.82. The minimum Gasteiger partial charge on any atom is -0.457 e. The van der Waals surface area contributed by atoms with Crippen molar-refractivity contribution < 1.29 is 38.6 Å². The molecule has 3 aliphatic carbocycles. The molecule has 3 fully saturated rings. The Morgan fingerprint density at radius 1 is 0.474 bits per heavy atom. The summed E-state index contributed by atoms with van der Waals surface area (Å²) in [6, 6.07) is 52.0. The van der Waals surface area contributed by atoms with Crippen molar-refractivity contribution in [1.29, 1.82) is 0 Å². The summed E-state index contributed by atoms with van der Waals surface area (Å²) in [5, 5.41) is 5.71. The van der Waals surface area contributed by atoms with E-state index in [1.165, 1.54) is 49.9 Å². The number of aromatic amines is 1. The molecule has 3 aliphatic rings. The van der Waals surface area contributed by atoms with Gasteiger partial charge < -0.3 is 36.4 Å². The molecule has 3 amide bonds. The molecule has 3 saturated carbocycles. The highest BCUT2D eigenvalue weighted by Gasteiger charge is 2.27. The van der Waals surface area contributed by atoms with Gasteiger partial charge in [-0.15, -0.1) is 11.3 Å². The largest absolute Gasteiger partial charge is 0.457 e. The number of para-hydroxylation sites is 3. The molecule has 15 heteroatoms. The van der Waals surface area contributed by atoms with Gasteiger partial charge in [-0.2, -0.15) is 5.10 Å². The van der Waals surface area contributed by atoms with Gasteiger partial charge in [0.1, 0.15) is 62.3 Å². The number of carbonyl (C=O) groups is 3. The third-order valence-electron chi connectivity index (χ3n) is 14.3. The van der Waals surface area contributed by atoms with Gasteiger partial charge in [0.25, 0.3) is 17.7 Å². The average molecular weight is 1070 g/mol. The standard InChI is InChI=1S/2C21H21N3O2.C21H20N2O2S.7H2/c22-21(25)19-14-24(16-6-4-5-7-16)23-20(19)15-10-12-18(13-11-15)26-17-8-2-1-3-9-17;22-20(25)19-18(23-21(24-19)15-6-4-5-7-15)14-10-12-17(13-11-14)26-16-8-2-1-3-9-16;22-20(24)19-18(23-21(26-19)15-6-4-5-7-15)14-10-12-17(13-11-14)25-16-8-2-1-3-9-16;;;;;;;/h1-3,8-14,16H,4-7H2,(H2,22,25);1-3,8-13,15H,4-7H2,(H2,22,25)(H,23,24);1-3,8-13,15H,4-7H2,(H2,22,24);7*1H. The molecule has 7 N–H and O–H groups in total. The van der Waals surface area contributed by atoms with Crippen LogP contribution in [0.4, 0.5) is 0 Å². The van der Waals surface area contributed by atoms with Crippen molar-refractivity contribution in [2.24, 2.45) is 17.2 Å². The maximum atomic E-state index is 11.9. The molecule has 0 unspecified atom stereocenters. The monoisotopic (exact) mass is 1070 g/mol. The van der Waals surface area contributed by atoms with Crippen molar-refractivity contribution in [2.45, 2.75) is 94.9 Å². The summed E-state index contributed by atoms with van der Waals surface area (Å²) in [5.41, 5.74) is 22.1. The number of carbonyl (C=O) groups excluding carboxylic acids is 3. The molecule has 3 heterocycles. The molecule has 0 bridgehead atoms. The van der Waals surface area contributed by atoms with Crippen LogP contribution < -0.4 is 31.4 Å². The molecule has 78 heavy (non-hydrogen) atoms. The first-order chi connectivity index (χ1) is 38.1. The number of thiazole rings is 1. The highest BCUT2D eigenvalue weighted by Crippen LogP contribution is 2.41. The van der Waals surface area contributed by atoms with Gasteiger partial charge in [-0.3, -0.25) is 19.1 Å². The summed E-state index contributed by atoms with van der Waals surface area (Å²) < 4.78 is 19.4. The maximum absolute atomic E-state index is 11.9. The number of hydrogen-bond donors (Lipinski definition) is 4. The Kier molecular flexibility index (Phi) is 16.8. The summed E-state index contributed by atoms with van der Waals surface area (Å²) in [7, 11) is 0. The highest BCUT2D eigenvalue weighted by molar-refractivity contribution is 7.14. The van der Waals surface area contributed by atoms with Gasteiger partial charge in [-0.1, -0.05) is 93.1 Å². The van der Waals surface area contributed by atoms with E-state index in [9.17, 15) is 14.4 Å². The Balaban J connectivity index is 0.000000321. The number of ether oxygens (including phenoxy) is 3. The maximum Gasteiger partial charge on any atom is 0.267 e. The first-order valence-electron chi connectivity index (χ1n) is 26.7. The summed E-state index contributed by atoms with van der Waals surface area (Å²) in [5.74, 6) is 4.93. The lowest BCUT2D eigenvalue weighted by Gasteiger charge is -2.09. The van der Waals surface area contributed by atoms with E-state index in [4.69, 9.17) is 41.4 Å². The fourth-order valence-electron chi connectivity index (χ4n) is 10.3. The predicted octanol–water partition coefficient (Wildman–Crippen LogP) is 16.3. The van der Waals surface area contributed by atoms with Gasteiger partial charge in [0.15, 0.2) is 0 Å². The minimum absolute atomic E-state index is 0. The molecular weight excluding hydrogens is 997 g/mol. The fourth-order valence-corrected chi connectivity index (χ4v) is 11.4. The number of benzene rings is 6. The molecule has 12 rings (SSSR count). The zero-order chi connectivity index (χ0) is 53.8. The van der Waals surface area contributed by atoms with Crippen molar-refractivity contribution in [3.63, 3.8) is 0 Å². The van der Waals surface area contributed by atoms with Gasteiger partial charge >= 0.3 is 0 Å². The molecule has 0 aliphatic heterocycles. The zero-order valence-electron chi connectivity index (χ0n) is 43.3. The predicted molar refractivity (Wildman–Crippen MR) is 319 cm³/mol. The SMILES string of the molecule is NC(=O)c1[nH]c(C2CCCC2)nc1-c1ccc(Oc2ccccc2)cc1.NC(=O)c1cn(C2CCCC2)nc1-c1ccc(Oc2ccccc2)cc1.NC(=O)c1sc(C2CCCC2)nc1-c1ccc(Oc2ccccc2)cc1.[HH].[HH].[HH].[HH].[HH].[HH].[HH]. The van der Waals surface area contributed by atoms with Gasteiger partial charge in [-0.25, -0.2) is 9.97 Å². The molecule has 0 radical (unpaired) electrons. The highest BCUT2D eigenvalue weighted by atomic mass is 32.1. The number of imidazole rings is 1. The minimum atomic E-state index is -0.485. The second-order valence-electron chi connectivity index (χ2n) is 19.8. The number of nitrogens with two attached hydrogens (primary N) is 3. The lowest BCUT2D eigenvalue weighted by Crippen LogP contribution is -2.13. The van der Waals surface area contributed by atoms with E-state index in [-0.39, 0.29) is 9.99 Å². The van der Waals surface area contributed by atoms with E-state index in [1.807, 2.05) is 168 Å². The van der Waals surface area contributed by atoms with Crippen LogP contribution >= 0.6 is 11.3 Å². The Labute approximate surface area is 468 Å². The topological polar surface area (TPSA) is 216 Å². The number of H-pyrrole nitrogens is 1. The smallest absolute Gasteiger partial charge is 0.267 e. The van der Waals surface area contributed by atoms with Gasteiger partial charge in [0.2, 0.25) is 0 Å². The third kappa shape index (κ3) is 13.0. The summed E-state index contributed by atoms with van der Waals surface area (Å²) >= 11 is 1.45. The van der Waals surface area contributed by atoms with Gasteiger partial charge in [0.05, 0.1) is 22.3 Å². The summed E-state index contributed by atoms with van der Waals surface area (Å²) in [6.45, 7) is 0. The molecule has 410 valence electrons. The van der Waals surface area contributed by atoms with Gasteiger partial charge in [-0.05, 0) is 148 Å². The van der Waals surface area contributed by atoms with Crippen LogP contribution in [0.2, 0.25) is 0 Å². The number of hydrogen-bond acceptors (Lipinski definition) is 10. The van der Waals surface area contributed by atoms with Crippen LogP contribution in [0.3, 0.4) is 0 Å². The van der Waals surface area contributed by atoms with Crippen molar-refractivity contribution in [1.82, 2.24) is 24.7 Å². The first-order valence-corrected chi connectivity index (χ1v) is 27.5. The number of nitrogens with one attached hydrogen (secondary N) is 1. The number of rotatable bonds is 15. The van der Waals surface area contributed by atoms with Crippen molar-refractivity contribution >= 4 is 29.1 Å². The van der Waals surface area contributed by atoms with Crippen LogP contribution in [0, 0.1) is 0 Å². The Morgan fingerprint density at radius 3 is 1.32 bits per heavy atom. The summed E-state index contributed by atoms with van der Waals surface area (Å²) in [6.07, 6.45) is 15.8. The van der Waals surface area contributed by atoms with Crippen molar-refractivity contribution in [2.75, 3.05) is 0 Å². The quantitative estimate of drug-likeness (QED) is 0.0767. The molecule has 3 aromatic heterocycles. The van der Waals surface area contributed by atoms with E-state index in [2.05, 4.69) is 10.1 Å². The molecule has 0 spiro atoms. The second kappa shape index (κ2) is 24.9. The van der Waals surface area contributed by atoms with Crippen LogP contribution in [0.25, 0.3) is 33.8 Å². The van der Waals surface area contributed by atoms with E-state index in [0.717, 1.165) is 101 Å². The molecule has 0 saturated heterocycles. The zero-order valence-corrected chi connectivity index (χ0v) is 44.1. The van der Waals surface area contributed by atoms with Crippen molar-refractivity contribution in [3.8, 4) is 68.3 Å².